The molecule has 0 aliphatic rings. The molecule has 1 rings (SSSR count). The highest BCUT2D eigenvalue weighted by Gasteiger charge is 2.20. The predicted molar refractivity (Wildman–Crippen MR) is 65.6 cm³/mol. The Morgan fingerprint density at radius 1 is 1.25 bits per heavy atom. The highest BCUT2D eigenvalue weighted by atomic mass is 16.5. The third kappa shape index (κ3) is 2.76. The molecule has 2 nitrogen and oxygen atoms in total. The van der Waals surface area contributed by atoms with Crippen LogP contribution in [0.3, 0.4) is 0 Å². The van der Waals surface area contributed by atoms with E-state index in [1.54, 1.807) is 7.11 Å². The summed E-state index contributed by atoms with van der Waals surface area (Å²) in [4.78, 5) is 0. The highest BCUT2D eigenvalue weighted by Crippen LogP contribution is 2.29. The summed E-state index contributed by atoms with van der Waals surface area (Å²) < 4.78 is 5.36. The Morgan fingerprint density at radius 2 is 1.81 bits per heavy atom. The lowest BCUT2D eigenvalue weighted by Crippen LogP contribution is -2.13. The van der Waals surface area contributed by atoms with Gasteiger partial charge in [-0.05, 0) is 56.9 Å². The second kappa shape index (κ2) is 4.57. The number of rotatable bonds is 3. The van der Waals surface area contributed by atoms with Crippen LogP contribution in [0.25, 0.3) is 0 Å². The summed E-state index contributed by atoms with van der Waals surface area (Å²) >= 11 is 0. The number of nitriles is 1. The average molecular weight is 217 g/mol. The van der Waals surface area contributed by atoms with Crippen LogP contribution < -0.4 is 4.74 Å². The van der Waals surface area contributed by atoms with Crippen molar-refractivity contribution in [2.45, 2.75) is 34.1 Å². The second-order valence-corrected chi connectivity index (χ2v) is 4.92. The number of hydrogen-bond donors (Lipinski definition) is 0. The van der Waals surface area contributed by atoms with Gasteiger partial charge in [-0.15, -0.1) is 0 Å². The summed E-state index contributed by atoms with van der Waals surface area (Å²) in [5.74, 6) is 0.881. The molecule has 0 radical (unpaired) electrons. The molecule has 16 heavy (non-hydrogen) atoms. The van der Waals surface area contributed by atoms with Gasteiger partial charge in [-0.25, -0.2) is 0 Å². The molecule has 0 saturated carbocycles. The van der Waals surface area contributed by atoms with Crippen molar-refractivity contribution < 1.29 is 4.74 Å². The summed E-state index contributed by atoms with van der Waals surface area (Å²) in [7, 11) is 1.67. The Balaban J connectivity index is 3.14. The van der Waals surface area contributed by atoms with Crippen LogP contribution >= 0.6 is 0 Å². The highest BCUT2D eigenvalue weighted by molar-refractivity contribution is 5.42. The van der Waals surface area contributed by atoms with E-state index in [4.69, 9.17) is 10.00 Å². The van der Waals surface area contributed by atoms with Crippen molar-refractivity contribution in [3.63, 3.8) is 0 Å². The number of methoxy groups -OCH3 is 1. The zero-order valence-electron chi connectivity index (χ0n) is 10.7. The van der Waals surface area contributed by atoms with Crippen LogP contribution in [0, 0.1) is 30.6 Å². The van der Waals surface area contributed by atoms with Gasteiger partial charge in [0.1, 0.15) is 5.75 Å². The number of hydrogen-bond acceptors (Lipinski definition) is 2. The first-order chi connectivity index (χ1) is 7.39. The Bertz CT molecular complexity index is 427. The molecule has 0 atom stereocenters. The van der Waals surface area contributed by atoms with Crippen LogP contribution in [0.5, 0.6) is 5.75 Å². The minimum Gasteiger partial charge on any atom is -0.496 e. The van der Waals surface area contributed by atoms with Gasteiger partial charge in [0, 0.05) is 0 Å². The molecule has 0 bridgehead atoms. The zero-order chi connectivity index (χ0) is 12.3. The van der Waals surface area contributed by atoms with Crippen LogP contribution in [0.4, 0.5) is 0 Å². The molecular weight excluding hydrogens is 198 g/mol. The molecule has 0 aliphatic carbocycles. The maximum atomic E-state index is 9.05. The van der Waals surface area contributed by atoms with Crippen molar-refractivity contribution >= 4 is 0 Å². The Labute approximate surface area is 97.9 Å². The van der Waals surface area contributed by atoms with E-state index in [-0.39, 0.29) is 5.41 Å². The van der Waals surface area contributed by atoms with E-state index < -0.39 is 0 Å². The lowest BCUT2D eigenvalue weighted by atomic mass is 9.86. The second-order valence-electron chi connectivity index (χ2n) is 4.92. The molecule has 0 saturated heterocycles. The molecule has 0 fully saturated rings. The lowest BCUT2D eigenvalue weighted by Gasteiger charge is -2.18. The molecule has 86 valence electrons. The van der Waals surface area contributed by atoms with Crippen molar-refractivity contribution in [2.75, 3.05) is 7.11 Å². The molecule has 0 amide bonds. The lowest BCUT2D eigenvalue weighted by molar-refractivity contribution is 0.399. The molecule has 0 N–H and O–H groups in total. The fourth-order valence-electron chi connectivity index (χ4n) is 1.69. The smallest absolute Gasteiger partial charge is 0.122 e. The summed E-state index contributed by atoms with van der Waals surface area (Å²) in [6.07, 6.45) is 0.716. The number of ether oxygens (including phenoxy) is 1. The monoisotopic (exact) mass is 217 g/mol. The maximum absolute atomic E-state index is 9.05. The van der Waals surface area contributed by atoms with Crippen molar-refractivity contribution in [1.82, 2.24) is 0 Å². The largest absolute Gasteiger partial charge is 0.496 e. The van der Waals surface area contributed by atoms with E-state index in [0.717, 1.165) is 11.3 Å². The molecule has 0 unspecified atom stereocenters. The first-order valence-corrected chi connectivity index (χ1v) is 5.45. The molecule has 2 heteroatoms. The van der Waals surface area contributed by atoms with Crippen LogP contribution in [0.1, 0.15) is 30.5 Å². The van der Waals surface area contributed by atoms with E-state index in [0.29, 0.717) is 6.42 Å². The van der Waals surface area contributed by atoms with E-state index in [1.165, 1.54) is 11.1 Å². The normalized spacial score (nSPS) is 11.0. The van der Waals surface area contributed by atoms with Crippen LogP contribution in [-0.2, 0) is 6.42 Å². The molecule has 1 aromatic rings. The Hall–Kier alpha value is -1.49. The van der Waals surface area contributed by atoms with Crippen LogP contribution in [0.2, 0.25) is 0 Å². The average Bonchev–Trinajstić information content (AvgIpc) is 2.22. The van der Waals surface area contributed by atoms with Gasteiger partial charge >= 0.3 is 0 Å². The SMILES string of the molecule is COc1cc(C)c(C)cc1CC(C)(C)C#N. The van der Waals surface area contributed by atoms with Gasteiger partial charge in [0.2, 0.25) is 0 Å². The third-order valence-corrected chi connectivity index (χ3v) is 2.83. The minimum absolute atomic E-state index is 0.352. The number of aryl methyl sites for hydroxylation is 2. The van der Waals surface area contributed by atoms with Gasteiger partial charge in [-0.3, -0.25) is 0 Å². The Kier molecular flexibility index (Phi) is 3.59. The molecular formula is C14H19NO. The van der Waals surface area contributed by atoms with E-state index in [2.05, 4.69) is 26.0 Å². The fourth-order valence-corrected chi connectivity index (χ4v) is 1.69. The topological polar surface area (TPSA) is 33.0 Å². The minimum atomic E-state index is -0.352. The van der Waals surface area contributed by atoms with E-state index in [9.17, 15) is 0 Å². The third-order valence-electron chi connectivity index (χ3n) is 2.83. The summed E-state index contributed by atoms with van der Waals surface area (Å²) in [6.45, 7) is 8.04. The van der Waals surface area contributed by atoms with Gasteiger partial charge < -0.3 is 4.74 Å². The maximum Gasteiger partial charge on any atom is 0.122 e. The van der Waals surface area contributed by atoms with Crippen molar-refractivity contribution in [1.29, 1.82) is 5.26 Å². The first kappa shape index (κ1) is 12.6. The van der Waals surface area contributed by atoms with Gasteiger partial charge in [0.15, 0.2) is 0 Å². The van der Waals surface area contributed by atoms with Crippen LogP contribution in [0.15, 0.2) is 12.1 Å². The van der Waals surface area contributed by atoms with E-state index >= 15 is 0 Å². The van der Waals surface area contributed by atoms with Crippen molar-refractivity contribution in [3.05, 3.63) is 28.8 Å². The van der Waals surface area contributed by atoms with Crippen molar-refractivity contribution in [2.24, 2.45) is 5.41 Å². The fraction of sp³-hybridized carbons (Fsp3) is 0.500. The van der Waals surface area contributed by atoms with Gasteiger partial charge in [0.25, 0.3) is 0 Å². The van der Waals surface area contributed by atoms with Crippen molar-refractivity contribution in [3.8, 4) is 11.8 Å². The summed E-state index contributed by atoms with van der Waals surface area (Å²) in [6, 6.07) is 6.48. The zero-order valence-corrected chi connectivity index (χ0v) is 10.7. The van der Waals surface area contributed by atoms with Gasteiger partial charge in [0.05, 0.1) is 18.6 Å². The van der Waals surface area contributed by atoms with Gasteiger partial charge in [-0.2, -0.15) is 5.26 Å². The Morgan fingerprint density at radius 3 is 2.31 bits per heavy atom. The van der Waals surface area contributed by atoms with Crippen LogP contribution in [-0.4, -0.2) is 7.11 Å². The summed E-state index contributed by atoms with van der Waals surface area (Å²) in [5.41, 5.74) is 3.21. The predicted octanol–water partition coefficient (Wildman–Crippen LogP) is 3.40. The quantitative estimate of drug-likeness (QED) is 0.777. The number of nitrogens with zero attached hydrogens (tertiary/aromatic N) is 1. The molecule has 0 aromatic heterocycles. The molecule has 1 aromatic carbocycles. The molecule has 0 heterocycles. The van der Waals surface area contributed by atoms with Gasteiger partial charge in [-0.1, -0.05) is 6.07 Å². The molecule has 0 aliphatic heterocycles. The van der Waals surface area contributed by atoms with E-state index in [1.807, 2.05) is 19.9 Å². The molecule has 0 spiro atoms. The summed E-state index contributed by atoms with van der Waals surface area (Å²) in [5, 5.41) is 9.05. The number of benzene rings is 1. The first-order valence-electron chi connectivity index (χ1n) is 5.45. The standard InChI is InChI=1S/C14H19NO/c1-10-6-12(8-14(3,4)9-15)13(16-5)7-11(10)2/h6-7H,8H2,1-5H3.